The number of aromatic nitrogens is 1. The molecule has 4 rings (SSSR count). The summed E-state index contributed by atoms with van der Waals surface area (Å²) in [6.45, 7) is 6.58. The third kappa shape index (κ3) is 2.42. The second-order valence-corrected chi connectivity index (χ2v) is 7.39. The number of fused-ring (bicyclic) bond motifs is 2. The fourth-order valence-corrected chi connectivity index (χ4v) is 3.50. The lowest BCUT2D eigenvalue weighted by Gasteiger charge is -2.35. The van der Waals surface area contributed by atoms with Gasteiger partial charge >= 0.3 is 0 Å². The Hall–Kier alpha value is -2.19. The van der Waals surface area contributed by atoms with E-state index in [4.69, 9.17) is 21.6 Å². The molecule has 3 heteroatoms. The van der Waals surface area contributed by atoms with Crippen molar-refractivity contribution in [3.8, 4) is 0 Å². The van der Waals surface area contributed by atoms with E-state index in [1.54, 1.807) is 0 Å². The predicted octanol–water partition coefficient (Wildman–Crippen LogP) is 5.62. The van der Waals surface area contributed by atoms with Gasteiger partial charge in [-0.3, -0.25) is 4.99 Å². The first-order valence-electron chi connectivity index (χ1n) is 8.21. The Kier molecular flexibility index (Phi) is 3.47. The second kappa shape index (κ2) is 5.42. The molecular formula is C21H19ClN2. The molecule has 120 valence electrons. The molecule has 1 aliphatic heterocycles. The Labute approximate surface area is 147 Å². The van der Waals surface area contributed by atoms with Crippen molar-refractivity contribution in [3.63, 3.8) is 0 Å². The zero-order chi connectivity index (χ0) is 16.9. The Bertz CT molecular complexity index is 972. The van der Waals surface area contributed by atoms with E-state index in [0.29, 0.717) is 5.92 Å². The second-order valence-electron chi connectivity index (χ2n) is 6.96. The van der Waals surface area contributed by atoms with Crippen molar-refractivity contribution in [2.24, 2.45) is 4.99 Å². The molecule has 24 heavy (non-hydrogen) atoms. The zero-order valence-electron chi connectivity index (χ0n) is 14.0. The van der Waals surface area contributed by atoms with E-state index in [0.717, 1.165) is 32.9 Å². The molecule has 2 aromatic carbocycles. The average Bonchev–Trinajstić information content (AvgIpc) is 2.58. The van der Waals surface area contributed by atoms with E-state index in [1.165, 1.54) is 5.56 Å². The lowest BCUT2D eigenvalue weighted by Crippen LogP contribution is -2.33. The number of para-hydroxylation sites is 1. The Morgan fingerprint density at radius 1 is 1.00 bits per heavy atom. The van der Waals surface area contributed by atoms with E-state index >= 15 is 0 Å². The van der Waals surface area contributed by atoms with Gasteiger partial charge in [0.15, 0.2) is 0 Å². The number of halogens is 1. The van der Waals surface area contributed by atoms with Gasteiger partial charge in [-0.2, -0.15) is 0 Å². The molecule has 0 N–H and O–H groups in total. The van der Waals surface area contributed by atoms with Crippen molar-refractivity contribution in [2.45, 2.75) is 32.2 Å². The summed E-state index contributed by atoms with van der Waals surface area (Å²) in [6.07, 6.45) is 0. The summed E-state index contributed by atoms with van der Waals surface area (Å²) in [5, 5.41) is 1.87. The summed E-state index contributed by atoms with van der Waals surface area (Å²) in [6, 6.07) is 18.4. The van der Waals surface area contributed by atoms with Crippen molar-refractivity contribution < 1.29 is 0 Å². The summed E-state index contributed by atoms with van der Waals surface area (Å²) in [5.41, 5.74) is 5.02. The van der Waals surface area contributed by atoms with Gasteiger partial charge in [0.05, 0.1) is 22.5 Å². The maximum absolute atomic E-state index is 6.27. The van der Waals surface area contributed by atoms with Gasteiger partial charge in [0.25, 0.3) is 0 Å². The molecular weight excluding hydrogens is 316 g/mol. The molecule has 1 aromatic heterocycles. The first-order valence-corrected chi connectivity index (χ1v) is 8.59. The lowest BCUT2D eigenvalue weighted by atomic mass is 9.77. The standard InChI is InChI=1S/C21H19ClN2/c1-13-16-10-9-15(22)12-17(16)20(24-21(13,2)3)19-11-8-14-6-4-5-7-18(14)23-19/h4-13H,1-3H3. The van der Waals surface area contributed by atoms with Crippen LogP contribution in [0.25, 0.3) is 10.9 Å². The van der Waals surface area contributed by atoms with Gasteiger partial charge in [0, 0.05) is 21.9 Å². The fraction of sp³-hybridized carbons (Fsp3) is 0.238. The normalized spacial score (nSPS) is 19.0. The summed E-state index contributed by atoms with van der Waals surface area (Å²) < 4.78 is 0. The van der Waals surface area contributed by atoms with Gasteiger partial charge in [0.1, 0.15) is 0 Å². The monoisotopic (exact) mass is 334 g/mol. The molecule has 1 aliphatic rings. The van der Waals surface area contributed by atoms with E-state index in [2.05, 4.69) is 45.0 Å². The molecule has 0 fully saturated rings. The molecule has 0 saturated carbocycles. The van der Waals surface area contributed by atoms with Gasteiger partial charge in [-0.1, -0.05) is 48.9 Å². The maximum atomic E-state index is 6.27. The van der Waals surface area contributed by atoms with Crippen molar-refractivity contribution in [1.29, 1.82) is 0 Å². The molecule has 1 unspecified atom stereocenters. The highest BCUT2D eigenvalue weighted by atomic mass is 35.5. The number of hydrogen-bond acceptors (Lipinski definition) is 2. The summed E-state index contributed by atoms with van der Waals surface area (Å²) in [7, 11) is 0. The lowest BCUT2D eigenvalue weighted by molar-refractivity contribution is 0.432. The Balaban J connectivity index is 1.96. The molecule has 0 saturated heterocycles. The van der Waals surface area contributed by atoms with Gasteiger partial charge in [-0.15, -0.1) is 0 Å². The first kappa shape index (κ1) is 15.3. The minimum atomic E-state index is -0.177. The van der Waals surface area contributed by atoms with E-state index in [-0.39, 0.29) is 5.54 Å². The van der Waals surface area contributed by atoms with Crippen LogP contribution in [0.2, 0.25) is 5.02 Å². The van der Waals surface area contributed by atoms with Crippen molar-refractivity contribution in [3.05, 3.63) is 76.4 Å². The fourth-order valence-electron chi connectivity index (χ4n) is 3.33. The van der Waals surface area contributed by atoms with Crippen molar-refractivity contribution in [1.82, 2.24) is 4.98 Å². The van der Waals surface area contributed by atoms with E-state index in [9.17, 15) is 0 Å². The number of pyridine rings is 1. The van der Waals surface area contributed by atoms with Crippen LogP contribution in [0.1, 0.15) is 43.5 Å². The number of hydrogen-bond donors (Lipinski definition) is 0. The first-order chi connectivity index (χ1) is 11.5. The van der Waals surface area contributed by atoms with Gasteiger partial charge in [0.2, 0.25) is 0 Å². The van der Waals surface area contributed by atoms with Crippen LogP contribution in [0, 0.1) is 0 Å². The Morgan fingerprint density at radius 3 is 2.62 bits per heavy atom. The van der Waals surface area contributed by atoms with E-state index in [1.807, 2.05) is 30.3 Å². The molecule has 0 radical (unpaired) electrons. The van der Waals surface area contributed by atoms with Gasteiger partial charge in [-0.05, 0) is 43.7 Å². The minimum Gasteiger partial charge on any atom is -0.276 e. The predicted molar refractivity (Wildman–Crippen MR) is 101 cm³/mol. The summed E-state index contributed by atoms with van der Waals surface area (Å²) in [5.74, 6) is 0.328. The topological polar surface area (TPSA) is 25.2 Å². The van der Waals surface area contributed by atoms with Gasteiger partial charge < -0.3 is 0 Å². The maximum Gasteiger partial charge on any atom is 0.0913 e. The van der Waals surface area contributed by atoms with Crippen LogP contribution in [-0.4, -0.2) is 16.2 Å². The zero-order valence-corrected chi connectivity index (χ0v) is 14.8. The van der Waals surface area contributed by atoms with Crippen molar-refractivity contribution >= 4 is 28.2 Å². The molecule has 0 bridgehead atoms. The number of benzene rings is 2. The van der Waals surface area contributed by atoms with Crippen molar-refractivity contribution in [2.75, 3.05) is 0 Å². The van der Waals surface area contributed by atoms with Crippen LogP contribution in [0.15, 0.2) is 59.6 Å². The molecule has 2 nitrogen and oxygen atoms in total. The number of aliphatic imine (C=N–C) groups is 1. The SMILES string of the molecule is CC1c2ccc(Cl)cc2C(c2ccc3ccccc3n2)=NC1(C)C. The average molecular weight is 335 g/mol. The quantitative estimate of drug-likeness (QED) is 0.567. The molecule has 0 amide bonds. The third-order valence-corrected chi connectivity index (χ3v) is 5.27. The van der Waals surface area contributed by atoms with Crippen LogP contribution >= 0.6 is 11.6 Å². The number of rotatable bonds is 1. The molecule has 1 atom stereocenters. The largest absolute Gasteiger partial charge is 0.276 e. The van der Waals surface area contributed by atoms with E-state index < -0.39 is 0 Å². The highest BCUT2D eigenvalue weighted by Gasteiger charge is 2.34. The molecule has 2 heterocycles. The number of nitrogens with zero attached hydrogens (tertiary/aromatic N) is 2. The minimum absolute atomic E-state index is 0.177. The molecule has 0 aliphatic carbocycles. The smallest absolute Gasteiger partial charge is 0.0913 e. The van der Waals surface area contributed by atoms with Crippen LogP contribution in [0.5, 0.6) is 0 Å². The van der Waals surface area contributed by atoms with Gasteiger partial charge in [-0.25, -0.2) is 4.98 Å². The van der Waals surface area contributed by atoms with Crippen LogP contribution in [0.3, 0.4) is 0 Å². The molecule has 0 spiro atoms. The van der Waals surface area contributed by atoms with Crippen LogP contribution in [-0.2, 0) is 0 Å². The summed E-state index contributed by atoms with van der Waals surface area (Å²) >= 11 is 6.27. The Morgan fingerprint density at radius 2 is 1.79 bits per heavy atom. The van der Waals surface area contributed by atoms with Crippen LogP contribution < -0.4 is 0 Å². The highest BCUT2D eigenvalue weighted by molar-refractivity contribution is 6.31. The highest BCUT2D eigenvalue weighted by Crippen LogP contribution is 2.39. The molecule has 3 aromatic rings. The van der Waals surface area contributed by atoms with Crippen LogP contribution in [0.4, 0.5) is 0 Å². The summed E-state index contributed by atoms with van der Waals surface area (Å²) in [4.78, 5) is 9.89. The third-order valence-electron chi connectivity index (χ3n) is 5.04.